The van der Waals surface area contributed by atoms with Gasteiger partial charge in [0, 0.05) is 0 Å². The Labute approximate surface area is 60.6 Å². The Kier molecular flexibility index (Phi) is 3.82. The van der Waals surface area contributed by atoms with Crippen molar-refractivity contribution in [3.8, 4) is 0 Å². The summed E-state index contributed by atoms with van der Waals surface area (Å²) in [6, 6.07) is 0. The molecule has 0 N–H and O–H groups in total. The van der Waals surface area contributed by atoms with Crippen LogP contribution in [0.1, 0.15) is 26.7 Å². The van der Waals surface area contributed by atoms with Crippen LogP contribution in [-0.2, 0) is 4.43 Å². The normalized spacial score (nSPS) is 17.1. The molecule has 0 aliphatic rings. The Morgan fingerprint density at radius 3 is 2.44 bits per heavy atom. The lowest BCUT2D eigenvalue weighted by Crippen LogP contribution is -2.23. The van der Waals surface area contributed by atoms with Gasteiger partial charge in [0.1, 0.15) is 10.5 Å². The molecule has 0 aliphatic carbocycles. The molecule has 0 radical (unpaired) electrons. The van der Waals surface area contributed by atoms with E-state index in [1.165, 1.54) is 0 Å². The first-order valence-electron chi connectivity index (χ1n) is 3.37. The van der Waals surface area contributed by atoms with Crippen LogP contribution in [0, 0.1) is 0 Å². The molecular formula is C7H16OSi. The molecule has 0 aromatic rings. The predicted molar refractivity (Wildman–Crippen MR) is 44.5 cm³/mol. The van der Waals surface area contributed by atoms with Gasteiger partial charge in [0.15, 0.2) is 0 Å². The molecule has 9 heavy (non-hydrogen) atoms. The Balaban J connectivity index is 3.76. The molecule has 1 nitrogen and oxygen atoms in total. The first kappa shape index (κ1) is 8.92. The van der Waals surface area contributed by atoms with Gasteiger partial charge < -0.3 is 4.43 Å². The first-order chi connectivity index (χ1) is 4.18. The van der Waals surface area contributed by atoms with Gasteiger partial charge >= 0.3 is 0 Å². The third kappa shape index (κ3) is 2.82. The van der Waals surface area contributed by atoms with Crippen LogP contribution in [0.25, 0.3) is 0 Å². The van der Waals surface area contributed by atoms with Crippen LogP contribution in [0.4, 0.5) is 0 Å². The van der Waals surface area contributed by atoms with Gasteiger partial charge in [-0.3, -0.25) is 0 Å². The SMILES string of the molecule is C=CC(C)(CCC)O[SiH3]. The molecule has 0 fully saturated rings. The zero-order chi connectivity index (χ0) is 7.33. The highest BCUT2D eigenvalue weighted by molar-refractivity contribution is 5.98. The largest absolute Gasteiger partial charge is 0.419 e. The third-order valence-corrected chi connectivity index (χ3v) is 2.58. The van der Waals surface area contributed by atoms with Crippen LogP contribution < -0.4 is 0 Å². The van der Waals surface area contributed by atoms with Crippen molar-refractivity contribution in [2.45, 2.75) is 32.3 Å². The fourth-order valence-corrected chi connectivity index (χ4v) is 1.15. The van der Waals surface area contributed by atoms with Crippen molar-refractivity contribution in [3.05, 3.63) is 12.7 Å². The van der Waals surface area contributed by atoms with Gasteiger partial charge in [-0.15, -0.1) is 6.58 Å². The molecule has 0 heterocycles. The summed E-state index contributed by atoms with van der Waals surface area (Å²) in [5.74, 6) is 0. The highest BCUT2D eigenvalue weighted by Gasteiger charge is 2.15. The van der Waals surface area contributed by atoms with Crippen LogP contribution in [0.2, 0.25) is 0 Å². The minimum atomic E-state index is -0.0407. The summed E-state index contributed by atoms with van der Waals surface area (Å²) in [4.78, 5) is 0. The number of rotatable bonds is 4. The van der Waals surface area contributed by atoms with Crippen molar-refractivity contribution in [1.29, 1.82) is 0 Å². The van der Waals surface area contributed by atoms with Gasteiger partial charge in [-0.25, -0.2) is 0 Å². The Morgan fingerprint density at radius 2 is 2.33 bits per heavy atom. The summed E-state index contributed by atoms with van der Waals surface area (Å²) in [5.41, 5.74) is -0.0407. The lowest BCUT2D eigenvalue weighted by Gasteiger charge is -2.23. The summed E-state index contributed by atoms with van der Waals surface area (Å²) in [5, 5.41) is 0. The van der Waals surface area contributed by atoms with Gasteiger partial charge in [0.25, 0.3) is 0 Å². The predicted octanol–water partition coefficient (Wildman–Crippen LogP) is 1.03. The Bertz CT molecular complexity index is 92.9. The minimum Gasteiger partial charge on any atom is -0.419 e. The van der Waals surface area contributed by atoms with E-state index < -0.39 is 0 Å². The molecule has 1 atom stereocenters. The molecule has 0 saturated heterocycles. The van der Waals surface area contributed by atoms with E-state index in [0.29, 0.717) is 0 Å². The maximum Gasteiger partial charge on any atom is 0.147 e. The lowest BCUT2D eigenvalue weighted by atomic mass is 10.0. The maximum atomic E-state index is 5.35. The number of hydrogen-bond acceptors (Lipinski definition) is 1. The summed E-state index contributed by atoms with van der Waals surface area (Å²) < 4.78 is 5.35. The molecule has 54 valence electrons. The molecule has 2 heteroatoms. The van der Waals surface area contributed by atoms with Crippen LogP contribution >= 0.6 is 0 Å². The molecule has 0 amide bonds. The molecule has 0 spiro atoms. The van der Waals surface area contributed by atoms with Gasteiger partial charge in [-0.1, -0.05) is 19.4 Å². The average molecular weight is 144 g/mol. The van der Waals surface area contributed by atoms with E-state index in [1.54, 1.807) is 0 Å². The van der Waals surface area contributed by atoms with E-state index >= 15 is 0 Å². The minimum absolute atomic E-state index is 0.0407. The molecule has 1 unspecified atom stereocenters. The molecule has 0 saturated carbocycles. The molecule has 0 aromatic carbocycles. The second kappa shape index (κ2) is 3.85. The van der Waals surface area contributed by atoms with Crippen molar-refractivity contribution in [1.82, 2.24) is 0 Å². The van der Waals surface area contributed by atoms with E-state index in [-0.39, 0.29) is 5.60 Å². The second-order valence-corrected chi connectivity index (χ2v) is 2.88. The van der Waals surface area contributed by atoms with E-state index in [2.05, 4.69) is 20.4 Å². The Hall–Kier alpha value is -0.0831. The highest BCUT2D eigenvalue weighted by Crippen LogP contribution is 2.16. The smallest absolute Gasteiger partial charge is 0.147 e. The van der Waals surface area contributed by atoms with E-state index in [1.807, 2.05) is 6.08 Å². The monoisotopic (exact) mass is 144 g/mol. The first-order valence-corrected chi connectivity index (χ1v) is 4.19. The maximum absolute atomic E-state index is 5.35. The van der Waals surface area contributed by atoms with E-state index in [9.17, 15) is 0 Å². The highest BCUT2D eigenvalue weighted by atomic mass is 28.2. The van der Waals surface area contributed by atoms with Crippen molar-refractivity contribution < 1.29 is 4.43 Å². The van der Waals surface area contributed by atoms with Gasteiger partial charge in [-0.2, -0.15) is 0 Å². The lowest BCUT2D eigenvalue weighted by molar-refractivity contribution is 0.145. The van der Waals surface area contributed by atoms with Crippen molar-refractivity contribution in [2.24, 2.45) is 0 Å². The van der Waals surface area contributed by atoms with Crippen molar-refractivity contribution >= 4 is 10.5 Å². The quantitative estimate of drug-likeness (QED) is 0.423. The van der Waals surface area contributed by atoms with Gasteiger partial charge in [-0.05, 0) is 13.3 Å². The summed E-state index contributed by atoms with van der Waals surface area (Å²) in [6.45, 7) is 7.95. The zero-order valence-electron chi connectivity index (χ0n) is 6.61. The standard InChI is InChI=1S/C7H16OSi/c1-4-6-7(3,5-2)8-9/h5H,2,4,6H2,1,3,9H3. The third-order valence-electron chi connectivity index (χ3n) is 1.64. The Morgan fingerprint density at radius 1 is 1.78 bits per heavy atom. The molecule has 0 bridgehead atoms. The summed E-state index contributed by atoms with van der Waals surface area (Å²) in [7, 11) is 0.799. The van der Waals surface area contributed by atoms with Crippen LogP contribution in [0.5, 0.6) is 0 Å². The van der Waals surface area contributed by atoms with Crippen LogP contribution in [0.15, 0.2) is 12.7 Å². The van der Waals surface area contributed by atoms with E-state index in [4.69, 9.17) is 4.43 Å². The second-order valence-electron chi connectivity index (χ2n) is 2.47. The fraction of sp³-hybridized carbons (Fsp3) is 0.714. The molecule has 0 aliphatic heterocycles. The summed E-state index contributed by atoms with van der Waals surface area (Å²) in [6.07, 6.45) is 4.13. The van der Waals surface area contributed by atoms with Gasteiger partial charge in [0.2, 0.25) is 0 Å². The summed E-state index contributed by atoms with van der Waals surface area (Å²) >= 11 is 0. The molecular weight excluding hydrogens is 128 g/mol. The van der Waals surface area contributed by atoms with E-state index in [0.717, 1.165) is 23.3 Å². The van der Waals surface area contributed by atoms with Crippen molar-refractivity contribution in [2.75, 3.05) is 0 Å². The average Bonchev–Trinajstić information content (AvgIpc) is 1.89. The van der Waals surface area contributed by atoms with Crippen LogP contribution in [0.3, 0.4) is 0 Å². The molecule has 0 rings (SSSR count). The topological polar surface area (TPSA) is 9.23 Å². The number of hydrogen-bond donors (Lipinski definition) is 0. The van der Waals surface area contributed by atoms with Gasteiger partial charge in [0.05, 0.1) is 5.60 Å². The van der Waals surface area contributed by atoms with Crippen LogP contribution in [-0.4, -0.2) is 16.1 Å². The molecule has 0 aromatic heterocycles. The fourth-order valence-electron chi connectivity index (χ4n) is 0.784. The van der Waals surface area contributed by atoms with Crippen molar-refractivity contribution in [3.63, 3.8) is 0 Å². The zero-order valence-corrected chi connectivity index (χ0v) is 8.61.